The Bertz CT molecular complexity index is 104. The van der Waals surface area contributed by atoms with Gasteiger partial charge in [0.05, 0.1) is 5.92 Å². The average Bonchev–Trinajstić information content (AvgIpc) is 1.88. The van der Waals surface area contributed by atoms with Gasteiger partial charge < -0.3 is 5.32 Å². The number of rotatable bonds is 0. The largest absolute Gasteiger partial charge is 0.392 e. The maximum atomic E-state index is 11.9. The van der Waals surface area contributed by atoms with Crippen LogP contribution in [0.3, 0.4) is 0 Å². The highest BCUT2D eigenvalue weighted by molar-refractivity contribution is 4.88. The quantitative estimate of drug-likeness (QED) is 0.552. The fourth-order valence-corrected chi connectivity index (χ4v) is 1.00. The van der Waals surface area contributed by atoms with E-state index in [0.717, 1.165) is 0 Å². The van der Waals surface area contributed by atoms with Crippen molar-refractivity contribution in [2.24, 2.45) is 5.92 Å². The van der Waals surface area contributed by atoms with Gasteiger partial charge in [0.1, 0.15) is 0 Å². The third-order valence-electron chi connectivity index (χ3n) is 1.60. The van der Waals surface area contributed by atoms with Crippen LogP contribution in [-0.4, -0.2) is 19.3 Å². The highest BCUT2D eigenvalue weighted by Crippen LogP contribution is 2.31. The molecular formula is C6H9F3N. The van der Waals surface area contributed by atoms with E-state index in [0.29, 0.717) is 13.1 Å². The van der Waals surface area contributed by atoms with Gasteiger partial charge in [-0.15, -0.1) is 0 Å². The first-order chi connectivity index (χ1) is 4.61. The van der Waals surface area contributed by atoms with Crippen molar-refractivity contribution in [1.82, 2.24) is 5.32 Å². The van der Waals surface area contributed by atoms with Crippen molar-refractivity contribution in [1.29, 1.82) is 0 Å². The zero-order valence-corrected chi connectivity index (χ0v) is 5.41. The van der Waals surface area contributed by atoms with Crippen molar-refractivity contribution >= 4 is 0 Å². The van der Waals surface area contributed by atoms with E-state index in [9.17, 15) is 13.2 Å². The molecule has 0 aromatic rings. The Morgan fingerprint density at radius 2 is 2.10 bits per heavy atom. The van der Waals surface area contributed by atoms with Crippen LogP contribution in [0, 0.1) is 12.3 Å². The number of halogens is 3. The maximum absolute atomic E-state index is 11.9. The molecule has 1 fully saturated rings. The van der Waals surface area contributed by atoms with Gasteiger partial charge in [0.2, 0.25) is 0 Å². The number of alkyl halides is 3. The highest BCUT2D eigenvalue weighted by atomic mass is 19.4. The second-order valence-electron chi connectivity index (χ2n) is 2.38. The fraction of sp³-hybridized carbons (Fsp3) is 0.833. The van der Waals surface area contributed by atoms with Crippen LogP contribution in [0.25, 0.3) is 0 Å². The standard InChI is InChI=1S/C6H9F3N/c7-6(8,9)5-1-3-10-4-2-5/h1,5,10H,2-4H2. The summed E-state index contributed by atoms with van der Waals surface area (Å²) in [5.41, 5.74) is 0. The first-order valence-corrected chi connectivity index (χ1v) is 3.21. The van der Waals surface area contributed by atoms with Crippen LogP contribution in [0.4, 0.5) is 13.2 Å². The molecule has 0 aromatic carbocycles. The second kappa shape index (κ2) is 2.78. The molecule has 1 unspecified atom stereocenters. The van der Waals surface area contributed by atoms with Crippen molar-refractivity contribution in [3.63, 3.8) is 0 Å². The SMILES string of the molecule is FC(F)(F)C1[CH]CNCC1. The van der Waals surface area contributed by atoms with E-state index in [4.69, 9.17) is 0 Å². The van der Waals surface area contributed by atoms with Crippen LogP contribution in [0.15, 0.2) is 0 Å². The summed E-state index contributed by atoms with van der Waals surface area (Å²) < 4.78 is 35.6. The lowest BCUT2D eigenvalue weighted by Crippen LogP contribution is -2.36. The molecule has 1 aliphatic heterocycles. The van der Waals surface area contributed by atoms with Gasteiger partial charge in [-0.3, -0.25) is 0 Å². The third kappa shape index (κ3) is 1.87. The van der Waals surface area contributed by atoms with Crippen LogP contribution in [0.1, 0.15) is 6.42 Å². The Morgan fingerprint density at radius 1 is 1.40 bits per heavy atom. The predicted molar refractivity (Wildman–Crippen MR) is 31.3 cm³/mol. The van der Waals surface area contributed by atoms with Crippen LogP contribution in [0.2, 0.25) is 0 Å². The van der Waals surface area contributed by atoms with Crippen molar-refractivity contribution in [3.05, 3.63) is 6.42 Å². The topological polar surface area (TPSA) is 12.0 Å². The Kier molecular flexibility index (Phi) is 2.18. The van der Waals surface area contributed by atoms with Gasteiger partial charge >= 0.3 is 6.18 Å². The molecule has 0 saturated carbocycles. The van der Waals surface area contributed by atoms with Gasteiger partial charge in [0.15, 0.2) is 0 Å². The summed E-state index contributed by atoms with van der Waals surface area (Å²) in [6.45, 7) is 0.852. The number of nitrogens with one attached hydrogen (secondary N) is 1. The van der Waals surface area contributed by atoms with E-state index in [-0.39, 0.29) is 6.42 Å². The molecule has 0 aliphatic carbocycles. The lowest BCUT2D eigenvalue weighted by molar-refractivity contribution is -0.168. The molecule has 0 spiro atoms. The monoisotopic (exact) mass is 152 g/mol. The smallest absolute Gasteiger partial charge is 0.316 e. The Hall–Kier alpha value is -0.250. The summed E-state index contributed by atoms with van der Waals surface area (Å²) in [5, 5.41) is 2.83. The minimum atomic E-state index is -4.03. The molecule has 1 heterocycles. The predicted octanol–water partition coefficient (Wildman–Crippen LogP) is 1.36. The molecule has 1 aliphatic rings. The normalized spacial score (nSPS) is 23.1. The first-order valence-electron chi connectivity index (χ1n) is 3.21. The Morgan fingerprint density at radius 3 is 2.40 bits per heavy atom. The lowest BCUT2D eigenvalue weighted by Gasteiger charge is -2.24. The Balaban J connectivity index is 2.39. The third-order valence-corrected chi connectivity index (χ3v) is 1.60. The fourth-order valence-electron chi connectivity index (χ4n) is 1.00. The van der Waals surface area contributed by atoms with Crippen molar-refractivity contribution in [3.8, 4) is 0 Å². The van der Waals surface area contributed by atoms with Gasteiger partial charge in [-0.1, -0.05) is 0 Å². The lowest BCUT2D eigenvalue weighted by atomic mass is 9.98. The molecule has 1 rings (SSSR count). The second-order valence-corrected chi connectivity index (χ2v) is 2.38. The minimum Gasteiger partial charge on any atom is -0.316 e. The number of hydrogen-bond donors (Lipinski definition) is 1. The number of hydrogen-bond acceptors (Lipinski definition) is 1. The maximum Gasteiger partial charge on any atom is 0.392 e. The molecule has 0 bridgehead atoms. The van der Waals surface area contributed by atoms with E-state index in [1.54, 1.807) is 0 Å². The van der Waals surface area contributed by atoms with Crippen molar-refractivity contribution in [2.75, 3.05) is 13.1 Å². The molecule has 1 atom stereocenters. The van der Waals surface area contributed by atoms with Gasteiger partial charge in [0, 0.05) is 0 Å². The number of piperidine rings is 1. The molecule has 59 valence electrons. The molecule has 1 radical (unpaired) electrons. The Labute approximate surface area is 57.6 Å². The summed E-state index contributed by atoms with van der Waals surface area (Å²) in [6.07, 6.45) is -2.56. The van der Waals surface area contributed by atoms with E-state index in [2.05, 4.69) is 5.32 Å². The minimum absolute atomic E-state index is 0.184. The summed E-state index contributed by atoms with van der Waals surface area (Å²) in [5.74, 6) is -1.19. The molecule has 10 heavy (non-hydrogen) atoms. The van der Waals surface area contributed by atoms with Gasteiger partial charge in [0.25, 0.3) is 0 Å². The van der Waals surface area contributed by atoms with E-state index in [1.807, 2.05) is 0 Å². The van der Waals surface area contributed by atoms with Gasteiger partial charge in [-0.25, -0.2) is 0 Å². The van der Waals surface area contributed by atoms with Crippen LogP contribution >= 0.6 is 0 Å². The summed E-state index contributed by atoms with van der Waals surface area (Å²) >= 11 is 0. The summed E-state index contributed by atoms with van der Waals surface area (Å²) in [7, 11) is 0. The van der Waals surface area contributed by atoms with Gasteiger partial charge in [-0.2, -0.15) is 13.2 Å². The summed E-state index contributed by atoms with van der Waals surface area (Å²) in [6, 6.07) is 0. The zero-order valence-electron chi connectivity index (χ0n) is 5.41. The van der Waals surface area contributed by atoms with Crippen molar-refractivity contribution in [2.45, 2.75) is 12.6 Å². The molecule has 4 heteroatoms. The van der Waals surface area contributed by atoms with Crippen LogP contribution in [-0.2, 0) is 0 Å². The molecule has 0 aromatic heterocycles. The highest BCUT2D eigenvalue weighted by Gasteiger charge is 2.39. The van der Waals surface area contributed by atoms with E-state index in [1.165, 1.54) is 6.42 Å². The summed E-state index contributed by atoms with van der Waals surface area (Å²) in [4.78, 5) is 0. The van der Waals surface area contributed by atoms with E-state index >= 15 is 0 Å². The van der Waals surface area contributed by atoms with Gasteiger partial charge in [-0.05, 0) is 25.9 Å². The van der Waals surface area contributed by atoms with Crippen LogP contribution < -0.4 is 5.32 Å². The van der Waals surface area contributed by atoms with E-state index < -0.39 is 12.1 Å². The van der Waals surface area contributed by atoms with Crippen molar-refractivity contribution < 1.29 is 13.2 Å². The average molecular weight is 152 g/mol. The first kappa shape index (κ1) is 7.85. The van der Waals surface area contributed by atoms with Crippen LogP contribution in [0.5, 0.6) is 0 Å². The molecule has 0 amide bonds. The molecule has 1 saturated heterocycles. The molecule has 1 N–H and O–H groups in total. The zero-order chi connectivity index (χ0) is 7.61. The molecular weight excluding hydrogens is 143 g/mol. The molecule has 1 nitrogen and oxygen atoms in total.